The Morgan fingerprint density at radius 1 is 0.897 bits per heavy atom. The van der Waals surface area contributed by atoms with Crippen LogP contribution in [-0.4, -0.2) is 68.1 Å². The van der Waals surface area contributed by atoms with E-state index in [2.05, 4.69) is 62.9 Å². The number of benzene rings is 2. The van der Waals surface area contributed by atoms with Crippen molar-refractivity contribution in [2.24, 2.45) is 0 Å². The number of carbonyl (C=O) groups excluding carboxylic acids is 1. The minimum Gasteiger partial charge on any atom is -0.351 e. The number of rotatable bonds is 6. The van der Waals surface area contributed by atoms with Crippen LogP contribution in [0.3, 0.4) is 0 Å². The first kappa shape index (κ1) is 20.1. The van der Waals surface area contributed by atoms with Crippen LogP contribution in [0.2, 0.25) is 0 Å². The zero-order valence-electron chi connectivity index (χ0n) is 17.2. The van der Waals surface area contributed by atoms with E-state index in [1.54, 1.807) is 0 Å². The molecule has 2 aromatic carbocycles. The molecule has 29 heavy (non-hydrogen) atoms. The fourth-order valence-corrected chi connectivity index (χ4v) is 4.26. The molecule has 0 aliphatic carbocycles. The summed E-state index contributed by atoms with van der Waals surface area (Å²) in [4.78, 5) is 17.5. The first-order valence-electron chi connectivity index (χ1n) is 10.9. The molecule has 0 spiro atoms. The van der Waals surface area contributed by atoms with Crippen molar-refractivity contribution >= 4 is 5.91 Å². The maximum absolute atomic E-state index is 12.6. The van der Waals surface area contributed by atoms with Gasteiger partial charge < -0.3 is 10.6 Å². The normalized spacial score (nSPS) is 18.1. The molecule has 2 aromatic rings. The van der Waals surface area contributed by atoms with E-state index < -0.39 is 0 Å². The summed E-state index contributed by atoms with van der Waals surface area (Å²) in [5.41, 5.74) is 4.86. The first-order chi connectivity index (χ1) is 14.3. The van der Waals surface area contributed by atoms with Gasteiger partial charge in [0.15, 0.2) is 0 Å². The molecule has 2 aliphatic rings. The van der Waals surface area contributed by atoms with Crippen molar-refractivity contribution < 1.29 is 4.79 Å². The Morgan fingerprint density at radius 2 is 1.62 bits per heavy atom. The average molecular weight is 393 g/mol. The summed E-state index contributed by atoms with van der Waals surface area (Å²) < 4.78 is 0. The fraction of sp³-hybridized carbons (Fsp3) is 0.458. The van der Waals surface area contributed by atoms with E-state index in [4.69, 9.17) is 0 Å². The maximum Gasteiger partial charge on any atom is 0.251 e. The van der Waals surface area contributed by atoms with E-state index >= 15 is 0 Å². The van der Waals surface area contributed by atoms with Gasteiger partial charge in [-0.25, -0.2) is 0 Å². The van der Waals surface area contributed by atoms with Crippen molar-refractivity contribution in [1.82, 2.24) is 20.4 Å². The lowest BCUT2D eigenvalue weighted by Gasteiger charge is -2.34. The minimum atomic E-state index is 0.0488. The molecular weight excluding hydrogens is 360 g/mol. The van der Waals surface area contributed by atoms with Gasteiger partial charge in [-0.1, -0.05) is 36.4 Å². The molecule has 5 heteroatoms. The zero-order valence-corrected chi connectivity index (χ0v) is 17.2. The van der Waals surface area contributed by atoms with E-state index in [9.17, 15) is 4.79 Å². The number of carbonyl (C=O) groups is 1. The van der Waals surface area contributed by atoms with E-state index in [0.717, 1.165) is 70.8 Å². The molecule has 154 valence electrons. The Kier molecular flexibility index (Phi) is 6.93. The Bertz CT molecular complexity index is 800. The molecule has 1 fully saturated rings. The third kappa shape index (κ3) is 5.66. The number of nitrogens with one attached hydrogen (secondary N) is 2. The SMILES string of the molecule is O=C(NCCN1CCN(Cc2ccccc2)CC1)c1ccc2c(c1)CCNCC2. The second kappa shape index (κ2) is 10.0. The van der Waals surface area contributed by atoms with Gasteiger partial charge in [0.25, 0.3) is 5.91 Å². The number of hydrogen-bond donors (Lipinski definition) is 2. The number of piperazine rings is 1. The van der Waals surface area contributed by atoms with Gasteiger partial charge in [-0.2, -0.15) is 0 Å². The van der Waals surface area contributed by atoms with Crippen molar-refractivity contribution in [1.29, 1.82) is 0 Å². The standard InChI is InChI=1S/C24H32N4O/c29-24(23-7-6-21-8-10-25-11-9-22(21)18-23)26-12-13-27-14-16-28(17-15-27)19-20-4-2-1-3-5-20/h1-7,18,25H,8-17,19H2,(H,26,29). The van der Waals surface area contributed by atoms with E-state index in [1.807, 2.05) is 6.07 Å². The molecule has 2 aliphatic heterocycles. The minimum absolute atomic E-state index is 0.0488. The molecule has 0 saturated carbocycles. The predicted molar refractivity (Wildman–Crippen MR) is 117 cm³/mol. The Morgan fingerprint density at radius 3 is 2.41 bits per heavy atom. The zero-order chi connectivity index (χ0) is 19.9. The molecule has 0 aromatic heterocycles. The summed E-state index contributed by atoms with van der Waals surface area (Å²) in [7, 11) is 0. The van der Waals surface area contributed by atoms with Gasteiger partial charge in [-0.05, 0) is 54.8 Å². The second-order valence-corrected chi connectivity index (χ2v) is 8.09. The highest BCUT2D eigenvalue weighted by molar-refractivity contribution is 5.94. The largest absolute Gasteiger partial charge is 0.351 e. The summed E-state index contributed by atoms with van der Waals surface area (Å²) in [6, 6.07) is 16.9. The summed E-state index contributed by atoms with van der Waals surface area (Å²) in [6.45, 7) is 8.97. The van der Waals surface area contributed by atoms with Crippen LogP contribution in [0, 0.1) is 0 Å². The van der Waals surface area contributed by atoms with Gasteiger partial charge in [0.2, 0.25) is 0 Å². The van der Waals surface area contributed by atoms with Crippen LogP contribution in [0.5, 0.6) is 0 Å². The Labute approximate surface area is 174 Å². The van der Waals surface area contributed by atoms with E-state index in [-0.39, 0.29) is 5.91 Å². The first-order valence-corrected chi connectivity index (χ1v) is 10.9. The molecule has 0 atom stereocenters. The van der Waals surface area contributed by atoms with Gasteiger partial charge in [-0.15, -0.1) is 0 Å². The van der Waals surface area contributed by atoms with Gasteiger partial charge in [0.1, 0.15) is 0 Å². The van der Waals surface area contributed by atoms with E-state index in [1.165, 1.54) is 16.7 Å². The molecule has 0 radical (unpaired) electrons. The van der Waals surface area contributed by atoms with Gasteiger partial charge in [0, 0.05) is 51.4 Å². The molecule has 4 rings (SSSR count). The lowest BCUT2D eigenvalue weighted by atomic mass is 10.00. The fourth-order valence-electron chi connectivity index (χ4n) is 4.26. The lowest BCUT2D eigenvalue weighted by molar-refractivity contribution is 0.0934. The van der Waals surface area contributed by atoms with E-state index in [0.29, 0.717) is 6.54 Å². The van der Waals surface area contributed by atoms with Crippen molar-refractivity contribution in [3.05, 3.63) is 70.8 Å². The summed E-state index contributed by atoms with van der Waals surface area (Å²) in [6.07, 6.45) is 2.05. The van der Waals surface area contributed by atoms with Crippen LogP contribution < -0.4 is 10.6 Å². The number of amides is 1. The highest BCUT2D eigenvalue weighted by atomic mass is 16.1. The molecule has 0 unspecified atom stereocenters. The van der Waals surface area contributed by atoms with Gasteiger partial charge in [-0.3, -0.25) is 14.6 Å². The van der Waals surface area contributed by atoms with Gasteiger partial charge in [0.05, 0.1) is 0 Å². The monoisotopic (exact) mass is 392 g/mol. The highest BCUT2D eigenvalue weighted by Gasteiger charge is 2.17. The molecule has 2 heterocycles. The molecule has 1 amide bonds. The van der Waals surface area contributed by atoms with Crippen LogP contribution >= 0.6 is 0 Å². The van der Waals surface area contributed by atoms with Crippen molar-refractivity contribution in [3.63, 3.8) is 0 Å². The summed E-state index contributed by atoms with van der Waals surface area (Å²) in [5.74, 6) is 0.0488. The quantitative estimate of drug-likeness (QED) is 0.789. The number of fused-ring (bicyclic) bond motifs is 1. The molecule has 5 nitrogen and oxygen atoms in total. The lowest BCUT2D eigenvalue weighted by Crippen LogP contribution is -2.48. The van der Waals surface area contributed by atoms with Gasteiger partial charge >= 0.3 is 0 Å². The van der Waals surface area contributed by atoms with Crippen molar-refractivity contribution in [3.8, 4) is 0 Å². The Hall–Kier alpha value is -2.21. The van der Waals surface area contributed by atoms with Crippen LogP contribution in [0.1, 0.15) is 27.0 Å². The third-order valence-corrected chi connectivity index (χ3v) is 6.04. The van der Waals surface area contributed by atoms with Crippen molar-refractivity contribution in [2.45, 2.75) is 19.4 Å². The predicted octanol–water partition coefficient (Wildman–Crippen LogP) is 1.92. The molecule has 1 saturated heterocycles. The summed E-state index contributed by atoms with van der Waals surface area (Å²) in [5, 5.41) is 6.53. The van der Waals surface area contributed by atoms with Crippen LogP contribution in [0.25, 0.3) is 0 Å². The summed E-state index contributed by atoms with van der Waals surface area (Å²) >= 11 is 0. The highest BCUT2D eigenvalue weighted by Crippen LogP contribution is 2.15. The number of nitrogens with zero attached hydrogens (tertiary/aromatic N) is 2. The third-order valence-electron chi connectivity index (χ3n) is 6.04. The molecule has 0 bridgehead atoms. The second-order valence-electron chi connectivity index (χ2n) is 8.09. The average Bonchev–Trinajstić information content (AvgIpc) is 3.00. The van der Waals surface area contributed by atoms with Crippen LogP contribution in [0.15, 0.2) is 48.5 Å². The smallest absolute Gasteiger partial charge is 0.251 e. The molecule has 2 N–H and O–H groups in total. The Balaban J connectivity index is 1.19. The maximum atomic E-state index is 12.6. The van der Waals surface area contributed by atoms with Crippen LogP contribution in [-0.2, 0) is 19.4 Å². The van der Waals surface area contributed by atoms with Crippen LogP contribution in [0.4, 0.5) is 0 Å². The number of hydrogen-bond acceptors (Lipinski definition) is 4. The van der Waals surface area contributed by atoms with Crippen molar-refractivity contribution in [2.75, 3.05) is 52.4 Å². The topological polar surface area (TPSA) is 47.6 Å². The molecular formula is C24H32N4O.